The molecule has 0 unspecified atom stereocenters. The van der Waals surface area contributed by atoms with Gasteiger partial charge in [0.1, 0.15) is 0 Å². The van der Waals surface area contributed by atoms with Gasteiger partial charge in [0.25, 0.3) is 0 Å². The summed E-state index contributed by atoms with van der Waals surface area (Å²) in [6.45, 7) is 4.10. The third-order valence-corrected chi connectivity index (χ3v) is 2.17. The Morgan fingerprint density at radius 2 is 2.33 bits per heavy atom. The van der Waals surface area contributed by atoms with Gasteiger partial charge in [-0.15, -0.1) is 0 Å². The average molecular weight is 181 g/mol. The predicted molar refractivity (Wildman–Crippen MR) is 52.0 cm³/mol. The number of fused-ring (bicyclic) bond motifs is 1. The topological polar surface area (TPSA) is 27.3 Å². The van der Waals surface area contributed by atoms with Crippen LogP contribution in [0.5, 0.6) is 0 Å². The normalized spacial score (nSPS) is 27.7. The SMILES string of the molecule is CC1=CC2=C[C@H](C)NN2C(=S)N1. The summed E-state index contributed by atoms with van der Waals surface area (Å²) < 4.78 is 0. The first kappa shape index (κ1) is 7.76. The van der Waals surface area contributed by atoms with E-state index in [2.05, 4.69) is 29.8 Å². The van der Waals surface area contributed by atoms with Gasteiger partial charge < -0.3 is 5.32 Å². The molecule has 0 aromatic carbocycles. The molecule has 0 spiro atoms. The number of nitrogens with zero attached hydrogens (tertiary/aromatic N) is 1. The molecule has 0 radical (unpaired) electrons. The Labute approximate surface area is 77.1 Å². The minimum Gasteiger partial charge on any atom is -0.335 e. The zero-order valence-corrected chi connectivity index (χ0v) is 7.90. The first-order chi connectivity index (χ1) is 5.66. The van der Waals surface area contributed by atoms with Gasteiger partial charge in [0.15, 0.2) is 5.11 Å². The fourth-order valence-corrected chi connectivity index (χ4v) is 1.74. The van der Waals surface area contributed by atoms with E-state index in [0.29, 0.717) is 6.04 Å². The van der Waals surface area contributed by atoms with Crippen molar-refractivity contribution in [3.63, 3.8) is 0 Å². The van der Waals surface area contributed by atoms with Crippen LogP contribution in [0.3, 0.4) is 0 Å². The summed E-state index contributed by atoms with van der Waals surface area (Å²) >= 11 is 5.14. The zero-order chi connectivity index (χ0) is 8.72. The van der Waals surface area contributed by atoms with Crippen molar-refractivity contribution in [1.29, 1.82) is 0 Å². The lowest BCUT2D eigenvalue weighted by Gasteiger charge is -2.27. The molecule has 0 saturated heterocycles. The van der Waals surface area contributed by atoms with Crippen LogP contribution in [0.25, 0.3) is 0 Å². The van der Waals surface area contributed by atoms with E-state index in [9.17, 15) is 0 Å². The number of rotatable bonds is 0. The maximum atomic E-state index is 5.14. The van der Waals surface area contributed by atoms with E-state index in [1.54, 1.807) is 0 Å². The van der Waals surface area contributed by atoms with Gasteiger partial charge in [-0.2, -0.15) is 0 Å². The lowest BCUT2D eigenvalue weighted by Crippen LogP contribution is -2.47. The summed E-state index contributed by atoms with van der Waals surface area (Å²) in [4.78, 5) is 0. The van der Waals surface area contributed by atoms with Crippen molar-refractivity contribution in [3.05, 3.63) is 23.5 Å². The van der Waals surface area contributed by atoms with E-state index in [4.69, 9.17) is 12.2 Å². The molecular weight excluding hydrogens is 170 g/mol. The van der Waals surface area contributed by atoms with Crippen LogP contribution in [0.1, 0.15) is 13.8 Å². The molecule has 0 fully saturated rings. The molecular formula is C8H11N3S. The fourth-order valence-electron chi connectivity index (χ4n) is 1.42. The van der Waals surface area contributed by atoms with Crippen LogP contribution in [0, 0.1) is 0 Å². The van der Waals surface area contributed by atoms with Gasteiger partial charge in [-0.05, 0) is 38.2 Å². The minimum atomic E-state index is 0.363. The molecule has 4 heteroatoms. The molecule has 12 heavy (non-hydrogen) atoms. The summed E-state index contributed by atoms with van der Waals surface area (Å²) in [7, 11) is 0. The van der Waals surface area contributed by atoms with Crippen molar-refractivity contribution in [2.75, 3.05) is 0 Å². The van der Waals surface area contributed by atoms with Crippen LogP contribution in [0.4, 0.5) is 0 Å². The van der Waals surface area contributed by atoms with E-state index >= 15 is 0 Å². The highest BCUT2D eigenvalue weighted by atomic mass is 32.1. The maximum Gasteiger partial charge on any atom is 0.192 e. The summed E-state index contributed by atoms with van der Waals surface area (Å²) in [5.41, 5.74) is 5.46. The molecule has 2 rings (SSSR count). The highest BCUT2D eigenvalue weighted by Gasteiger charge is 2.24. The molecule has 64 valence electrons. The first-order valence-corrected chi connectivity index (χ1v) is 4.35. The minimum absolute atomic E-state index is 0.363. The number of hydrazine groups is 1. The molecule has 0 aliphatic carbocycles. The maximum absolute atomic E-state index is 5.14. The lowest BCUT2D eigenvalue weighted by atomic mass is 10.2. The Bertz CT molecular complexity index is 293. The summed E-state index contributed by atoms with van der Waals surface area (Å²) in [5, 5.41) is 5.71. The van der Waals surface area contributed by atoms with Crippen molar-refractivity contribution >= 4 is 17.3 Å². The summed E-state index contributed by atoms with van der Waals surface area (Å²) in [5.74, 6) is 0. The van der Waals surface area contributed by atoms with Crippen molar-refractivity contribution < 1.29 is 0 Å². The van der Waals surface area contributed by atoms with Crippen molar-refractivity contribution in [2.24, 2.45) is 0 Å². The van der Waals surface area contributed by atoms with Crippen molar-refractivity contribution in [3.8, 4) is 0 Å². The van der Waals surface area contributed by atoms with Crippen LogP contribution in [0.2, 0.25) is 0 Å². The Hall–Kier alpha value is -0.870. The number of hydrogen-bond donors (Lipinski definition) is 2. The quantitative estimate of drug-likeness (QED) is 0.542. The van der Waals surface area contributed by atoms with Crippen LogP contribution in [-0.2, 0) is 0 Å². The summed E-state index contributed by atoms with van der Waals surface area (Å²) in [6, 6.07) is 0.363. The molecule has 2 aliphatic heterocycles. The van der Waals surface area contributed by atoms with Crippen molar-refractivity contribution in [1.82, 2.24) is 15.8 Å². The van der Waals surface area contributed by atoms with E-state index in [1.165, 1.54) is 0 Å². The molecule has 2 N–H and O–H groups in total. The fraction of sp³-hybridized carbons (Fsp3) is 0.375. The van der Waals surface area contributed by atoms with E-state index in [0.717, 1.165) is 16.5 Å². The van der Waals surface area contributed by atoms with E-state index < -0.39 is 0 Å². The molecule has 2 heterocycles. The third-order valence-electron chi connectivity index (χ3n) is 1.88. The lowest BCUT2D eigenvalue weighted by molar-refractivity contribution is 0.391. The molecule has 2 aliphatic rings. The highest BCUT2D eigenvalue weighted by molar-refractivity contribution is 7.80. The predicted octanol–water partition coefficient (Wildman–Crippen LogP) is 0.871. The smallest absolute Gasteiger partial charge is 0.192 e. The second-order valence-electron chi connectivity index (χ2n) is 3.10. The number of hydrogen-bond acceptors (Lipinski definition) is 2. The number of thiocarbonyl (C=S) groups is 1. The van der Waals surface area contributed by atoms with Gasteiger partial charge in [0.05, 0.1) is 5.70 Å². The molecule has 0 saturated carbocycles. The third kappa shape index (κ3) is 1.13. The van der Waals surface area contributed by atoms with Crippen LogP contribution >= 0.6 is 12.2 Å². The molecule has 0 amide bonds. The molecule has 1 atom stereocenters. The van der Waals surface area contributed by atoms with Gasteiger partial charge in [0.2, 0.25) is 0 Å². The Morgan fingerprint density at radius 3 is 3.08 bits per heavy atom. The second kappa shape index (κ2) is 2.57. The molecule has 3 nitrogen and oxygen atoms in total. The Kier molecular flexibility index (Phi) is 1.66. The van der Waals surface area contributed by atoms with Gasteiger partial charge in [0, 0.05) is 11.7 Å². The Morgan fingerprint density at radius 1 is 1.58 bits per heavy atom. The van der Waals surface area contributed by atoms with Crippen molar-refractivity contribution in [2.45, 2.75) is 19.9 Å². The van der Waals surface area contributed by atoms with Gasteiger partial charge >= 0.3 is 0 Å². The standard InChI is InChI=1S/C8H11N3S/c1-5-3-7-4-6(2)10-11(7)8(12)9-5/h3-4,6,10H,1-2H3,(H,9,12)/t6-/m0/s1. The average Bonchev–Trinajstić information content (AvgIpc) is 2.29. The summed E-state index contributed by atoms with van der Waals surface area (Å²) in [6.07, 6.45) is 4.23. The van der Waals surface area contributed by atoms with E-state index in [-0.39, 0.29) is 0 Å². The van der Waals surface area contributed by atoms with Gasteiger partial charge in [-0.25, -0.2) is 5.43 Å². The van der Waals surface area contributed by atoms with Crippen LogP contribution in [0.15, 0.2) is 23.5 Å². The second-order valence-corrected chi connectivity index (χ2v) is 3.49. The van der Waals surface area contributed by atoms with Crippen LogP contribution in [-0.4, -0.2) is 16.2 Å². The first-order valence-electron chi connectivity index (χ1n) is 3.94. The molecule has 0 bridgehead atoms. The number of allylic oxidation sites excluding steroid dienone is 2. The molecule has 0 aromatic rings. The Balaban J connectivity index is 2.35. The molecule has 0 aromatic heterocycles. The largest absolute Gasteiger partial charge is 0.335 e. The van der Waals surface area contributed by atoms with Gasteiger partial charge in [-0.3, -0.25) is 5.01 Å². The highest BCUT2D eigenvalue weighted by Crippen LogP contribution is 2.18. The zero-order valence-electron chi connectivity index (χ0n) is 7.09. The van der Waals surface area contributed by atoms with Crippen LogP contribution < -0.4 is 10.7 Å². The number of nitrogens with one attached hydrogen (secondary N) is 2. The monoisotopic (exact) mass is 181 g/mol. The van der Waals surface area contributed by atoms with Gasteiger partial charge in [-0.1, -0.05) is 0 Å². The van der Waals surface area contributed by atoms with E-state index in [1.807, 2.05) is 11.9 Å².